The molecule has 0 unspecified atom stereocenters. The van der Waals surface area contributed by atoms with E-state index in [2.05, 4.69) is 0 Å². The molecule has 0 saturated carbocycles. The first-order chi connectivity index (χ1) is 9.13. The number of fused-ring (bicyclic) bond motifs is 3. The molecule has 0 fully saturated rings. The van der Waals surface area contributed by atoms with Crippen LogP contribution >= 0.6 is 0 Å². The molecule has 96 valence electrons. The molecule has 0 bridgehead atoms. The quantitative estimate of drug-likeness (QED) is 0.580. The Hall–Kier alpha value is -2.16. The second-order valence-corrected chi connectivity index (χ2v) is 4.53. The molecule has 0 aliphatic heterocycles. The highest BCUT2D eigenvalue weighted by atomic mass is 19.1. The summed E-state index contributed by atoms with van der Waals surface area (Å²) in [6, 6.07) is 10.1. The van der Waals surface area contributed by atoms with Gasteiger partial charge in [0.1, 0.15) is 5.82 Å². The summed E-state index contributed by atoms with van der Waals surface area (Å²) in [5, 5.41) is 2.35. The summed E-state index contributed by atoms with van der Waals surface area (Å²) in [5.74, 6) is -0.474. The fraction of sp³-hybridized carbons (Fsp3) is 0.125. The minimum Gasteiger partial charge on any atom is -0.494 e. The van der Waals surface area contributed by atoms with Crippen LogP contribution in [-0.2, 0) is 0 Å². The van der Waals surface area contributed by atoms with E-state index in [0.717, 1.165) is 0 Å². The van der Waals surface area contributed by atoms with Crippen LogP contribution in [0.2, 0.25) is 0 Å². The third-order valence-electron chi connectivity index (χ3n) is 3.44. The van der Waals surface area contributed by atoms with Crippen LogP contribution in [0, 0.1) is 18.6 Å². The predicted octanol–water partition coefficient (Wildman–Crippen LogP) is 4.59. The molecule has 0 aliphatic rings. The van der Waals surface area contributed by atoms with Crippen LogP contribution in [0.1, 0.15) is 5.56 Å². The lowest BCUT2D eigenvalue weighted by molar-refractivity contribution is 0.389. The fourth-order valence-corrected chi connectivity index (χ4v) is 2.39. The van der Waals surface area contributed by atoms with Crippen molar-refractivity contribution in [1.82, 2.24) is 0 Å². The standard InChI is InChI=1S/C16H12F2O/c1-9-3-4-10-11-7-8-14(19-2)16(18)13(11)6-5-12(10)15(9)17/h3-8H,1-2H3. The molecule has 0 amide bonds. The van der Waals surface area contributed by atoms with Crippen molar-refractivity contribution in [3.8, 4) is 5.75 Å². The third kappa shape index (κ3) is 1.65. The molecule has 0 atom stereocenters. The van der Waals surface area contributed by atoms with Crippen molar-refractivity contribution in [1.29, 1.82) is 0 Å². The highest BCUT2D eigenvalue weighted by Crippen LogP contribution is 2.33. The molecule has 0 saturated heterocycles. The highest BCUT2D eigenvalue weighted by Gasteiger charge is 2.12. The monoisotopic (exact) mass is 258 g/mol. The van der Waals surface area contributed by atoms with Gasteiger partial charge in [0.25, 0.3) is 0 Å². The number of hydrogen-bond acceptors (Lipinski definition) is 1. The van der Waals surface area contributed by atoms with E-state index < -0.39 is 5.82 Å². The molecule has 3 rings (SSSR count). The average molecular weight is 258 g/mol. The molecule has 1 nitrogen and oxygen atoms in total. The van der Waals surface area contributed by atoms with Gasteiger partial charge in [-0.1, -0.05) is 24.3 Å². The SMILES string of the molecule is COc1ccc2c(ccc3c(F)c(C)ccc32)c1F. The van der Waals surface area contributed by atoms with E-state index in [1.165, 1.54) is 7.11 Å². The van der Waals surface area contributed by atoms with Crippen LogP contribution in [0.4, 0.5) is 8.78 Å². The van der Waals surface area contributed by atoms with E-state index in [4.69, 9.17) is 4.74 Å². The van der Waals surface area contributed by atoms with Crippen LogP contribution < -0.4 is 4.74 Å². The summed E-state index contributed by atoms with van der Waals surface area (Å²) in [5.41, 5.74) is 0.584. The Morgan fingerprint density at radius 2 is 1.26 bits per heavy atom. The van der Waals surface area contributed by atoms with Crippen molar-refractivity contribution in [2.75, 3.05) is 7.11 Å². The first-order valence-corrected chi connectivity index (χ1v) is 5.97. The van der Waals surface area contributed by atoms with Crippen LogP contribution in [0.5, 0.6) is 5.75 Å². The maximum Gasteiger partial charge on any atom is 0.172 e. The Labute approximate surface area is 109 Å². The first kappa shape index (κ1) is 11.9. The summed E-state index contributed by atoms with van der Waals surface area (Å²) in [6.07, 6.45) is 0. The third-order valence-corrected chi connectivity index (χ3v) is 3.44. The lowest BCUT2D eigenvalue weighted by Crippen LogP contribution is -1.91. The van der Waals surface area contributed by atoms with Gasteiger partial charge in [-0.3, -0.25) is 0 Å². The topological polar surface area (TPSA) is 9.23 Å². The van der Waals surface area contributed by atoms with Gasteiger partial charge in [0.15, 0.2) is 11.6 Å². The van der Waals surface area contributed by atoms with Crippen LogP contribution in [0.15, 0.2) is 36.4 Å². The molecule has 0 aromatic heterocycles. The normalized spacial score (nSPS) is 11.2. The Morgan fingerprint density at radius 1 is 0.737 bits per heavy atom. The van der Waals surface area contributed by atoms with Gasteiger partial charge >= 0.3 is 0 Å². The van der Waals surface area contributed by atoms with Gasteiger partial charge in [-0.25, -0.2) is 8.78 Å². The number of halogens is 2. The van der Waals surface area contributed by atoms with Crippen molar-refractivity contribution in [3.63, 3.8) is 0 Å². The lowest BCUT2D eigenvalue weighted by atomic mass is 9.99. The Morgan fingerprint density at radius 3 is 1.89 bits per heavy atom. The molecule has 0 heterocycles. The second kappa shape index (κ2) is 4.19. The molecule has 0 spiro atoms. The molecular weight excluding hydrogens is 246 g/mol. The number of aryl methyl sites for hydroxylation is 1. The van der Waals surface area contributed by atoms with Gasteiger partial charge in [0, 0.05) is 10.8 Å². The summed E-state index contributed by atoms with van der Waals surface area (Å²) in [4.78, 5) is 0. The molecule has 3 heteroatoms. The minimum atomic E-state index is -0.414. The van der Waals surface area contributed by atoms with Crippen LogP contribution in [-0.4, -0.2) is 7.11 Å². The van der Waals surface area contributed by atoms with Crippen molar-refractivity contribution in [3.05, 3.63) is 53.6 Å². The fourth-order valence-electron chi connectivity index (χ4n) is 2.39. The smallest absolute Gasteiger partial charge is 0.172 e. The Balaban J connectivity index is 2.48. The predicted molar refractivity (Wildman–Crippen MR) is 72.7 cm³/mol. The molecule has 0 radical (unpaired) electrons. The van der Waals surface area contributed by atoms with Gasteiger partial charge in [-0.15, -0.1) is 0 Å². The Kier molecular flexibility index (Phi) is 2.63. The molecular formula is C16H12F2O. The van der Waals surface area contributed by atoms with E-state index in [1.807, 2.05) is 6.07 Å². The van der Waals surface area contributed by atoms with E-state index in [9.17, 15) is 8.78 Å². The van der Waals surface area contributed by atoms with Crippen LogP contribution in [0.3, 0.4) is 0 Å². The van der Waals surface area contributed by atoms with Crippen molar-refractivity contribution in [2.24, 2.45) is 0 Å². The van der Waals surface area contributed by atoms with E-state index in [-0.39, 0.29) is 11.6 Å². The molecule has 3 aromatic carbocycles. The summed E-state index contributed by atoms with van der Waals surface area (Å²) >= 11 is 0. The number of rotatable bonds is 1. The van der Waals surface area contributed by atoms with Gasteiger partial charge < -0.3 is 4.74 Å². The summed E-state index contributed by atoms with van der Waals surface area (Å²) < 4.78 is 33.2. The van der Waals surface area contributed by atoms with E-state index in [0.29, 0.717) is 27.1 Å². The number of ether oxygens (including phenoxy) is 1. The zero-order valence-electron chi connectivity index (χ0n) is 10.6. The zero-order chi connectivity index (χ0) is 13.6. The summed E-state index contributed by atoms with van der Waals surface area (Å²) in [7, 11) is 1.42. The second-order valence-electron chi connectivity index (χ2n) is 4.53. The lowest BCUT2D eigenvalue weighted by Gasteiger charge is -2.09. The maximum atomic E-state index is 14.2. The van der Waals surface area contributed by atoms with Gasteiger partial charge in [-0.05, 0) is 35.4 Å². The molecule has 0 aliphatic carbocycles. The number of benzene rings is 3. The van der Waals surface area contributed by atoms with Crippen molar-refractivity contribution >= 4 is 21.5 Å². The number of methoxy groups -OCH3 is 1. The van der Waals surface area contributed by atoms with Gasteiger partial charge in [0.05, 0.1) is 7.11 Å². The van der Waals surface area contributed by atoms with E-state index >= 15 is 0 Å². The first-order valence-electron chi connectivity index (χ1n) is 5.97. The molecule has 19 heavy (non-hydrogen) atoms. The molecule has 3 aromatic rings. The zero-order valence-corrected chi connectivity index (χ0v) is 10.6. The van der Waals surface area contributed by atoms with Crippen LogP contribution in [0.25, 0.3) is 21.5 Å². The largest absolute Gasteiger partial charge is 0.494 e. The molecule has 0 N–H and O–H groups in total. The van der Waals surface area contributed by atoms with Crippen molar-refractivity contribution < 1.29 is 13.5 Å². The van der Waals surface area contributed by atoms with E-state index in [1.54, 1.807) is 37.3 Å². The number of hydrogen-bond donors (Lipinski definition) is 0. The maximum absolute atomic E-state index is 14.2. The minimum absolute atomic E-state index is 0.194. The Bertz CT molecular complexity index is 794. The average Bonchev–Trinajstić information content (AvgIpc) is 2.43. The highest BCUT2D eigenvalue weighted by molar-refractivity contribution is 6.08. The van der Waals surface area contributed by atoms with Gasteiger partial charge in [-0.2, -0.15) is 0 Å². The van der Waals surface area contributed by atoms with Gasteiger partial charge in [0.2, 0.25) is 0 Å². The summed E-state index contributed by atoms with van der Waals surface area (Å²) in [6.45, 7) is 1.72. The van der Waals surface area contributed by atoms with Crippen molar-refractivity contribution in [2.45, 2.75) is 6.92 Å².